The Labute approximate surface area is 132 Å². The monoisotopic (exact) mass is 333 g/mol. The third-order valence-corrected chi connectivity index (χ3v) is 4.00. The summed E-state index contributed by atoms with van der Waals surface area (Å²) >= 11 is 8.77. The molecule has 0 heterocycles. The first kappa shape index (κ1) is 18.1. The molecule has 114 valence electrons. The summed E-state index contributed by atoms with van der Waals surface area (Å²) in [5, 5.41) is 0. The fourth-order valence-corrected chi connectivity index (χ4v) is 3.33. The first-order chi connectivity index (χ1) is 8.99. The molecule has 0 aromatic heterocycles. The molecule has 1 aromatic carbocycles. The maximum absolute atomic E-state index is 11.8. The van der Waals surface area contributed by atoms with Gasteiger partial charge in [-0.3, -0.25) is 0 Å². The fourth-order valence-electron chi connectivity index (χ4n) is 2.18. The molecule has 1 rings (SSSR count). The Morgan fingerprint density at radius 2 is 1.75 bits per heavy atom. The standard InChI is InChI=1S/C14H24NO2PS2/c1-11(2)12-8-6-7-9-13(12)14(10-15(3,4)5)17-18(16,19)20/h6-9,11,14H,10H2,1-5H3,(H-,16,19,20). The molecule has 0 fully saturated rings. The minimum Gasteiger partial charge on any atom is -0.793 e. The van der Waals surface area contributed by atoms with E-state index < -0.39 is 5.69 Å². The molecular weight excluding hydrogens is 309 g/mol. The second kappa shape index (κ2) is 6.91. The van der Waals surface area contributed by atoms with Crippen molar-refractivity contribution in [2.45, 2.75) is 25.9 Å². The lowest BCUT2D eigenvalue weighted by atomic mass is 9.94. The van der Waals surface area contributed by atoms with Crippen molar-refractivity contribution in [2.75, 3.05) is 27.7 Å². The average molecular weight is 333 g/mol. The molecule has 0 aliphatic rings. The van der Waals surface area contributed by atoms with Crippen LogP contribution in [-0.2, 0) is 16.3 Å². The van der Waals surface area contributed by atoms with E-state index >= 15 is 0 Å². The Morgan fingerprint density at radius 3 is 2.15 bits per heavy atom. The largest absolute Gasteiger partial charge is 0.793 e. The summed E-state index contributed by atoms with van der Waals surface area (Å²) in [6, 6.07) is 8.09. The van der Waals surface area contributed by atoms with Gasteiger partial charge >= 0.3 is 0 Å². The number of benzene rings is 1. The summed E-state index contributed by atoms with van der Waals surface area (Å²) in [4.78, 5) is 11.8. The third-order valence-electron chi connectivity index (χ3n) is 2.94. The zero-order chi connectivity index (χ0) is 15.6. The van der Waals surface area contributed by atoms with E-state index in [-0.39, 0.29) is 6.10 Å². The molecule has 0 saturated heterocycles. The highest BCUT2D eigenvalue weighted by Gasteiger charge is 2.25. The van der Waals surface area contributed by atoms with Gasteiger partial charge in [0, 0.05) is 5.69 Å². The van der Waals surface area contributed by atoms with Crippen LogP contribution in [0.25, 0.3) is 0 Å². The molecule has 1 aromatic rings. The quantitative estimate of drug-likeness (QED) is 0.493. The van der Waals surface area contributed by atoms with Gasteiger partial charge in [-0.25, -0.2) is 0 Å². The molecule has 6 heteroatoms. The van der Waals surface area contributed by atoms with E-state index in [1.165, 1.54) is 5.56 Å². The van der Waals surface area contributed by atoms with E-state index in [0.717, 1.165) is 5.56 Å². The lowest BCUT2D eigenvalue weighted by Crippen LogP contribution is -2.39. The zero-order valence-corrected chi connectivity index (χ0v) is 15.3. The first-order valence-electron chi connectivity index (χ1n) is 6.61. The number of likely N-dealkylation sites (N-methyl/N-ethyl adjacent to an activating group) is 1. The molecule has 3 nitrogen and oxygen atoms in total. The number of hydrogen-bond acceptors (Lipinski definition) is 3. The Balaban J connectivity index is 3.20. The molecule has 0 aliphatic heterocycles. The van der Waals surface area contributed by atoms with Gasteiger partial charge in [-0.1, -0.05) is 49.9 Å². The molecule has 20 heavy (non-hydrogen) atoms. The van der Waals surface area contributed by atoms with Crippen LogP contribution >= 0.6 is 17.9 Å². The van der Waals surface area contributed by atoms with Crippen molar-refractivity contribution in [2.24, 2.45) is 0 Å². The maximum atomic E-state index is 11.8. The molecule has 0 saturated carbocycles. The first-order valence-corrected chi connectivity index (χ1v) is 10.4. The van der Waals surface area contributed by atoms with Gasteiger partial charge in [0.25, 0.3) is 0 Å². The maximum Gasteiger partial charge on any atom is 0.136 e. The predicted molar refractivity (Wildman–Crippen MR) is 90.5 cm³/mol. The van der Waals surface area contributed by atoms with Gasteiger partial charge in [0.1, 0.15) is 12.6 Å². The van der Waals surface area contributed by atoms with Gasteiger partial charge in [-0.2, -0.15) is 0 Å². The van der Waals surface area contributed by atoms with Gasteiger partial charge in [-0.05, 0) is 17.0 Å². The van der Waals surface area contributed by atoms with Crippen molar-refractivity contribution in [1.82, 2.24) is 0 Å². The molecule has 2 unspecified atom stereocenters. The van der Waals surface area contributed by atoms with E-state index in [2.05, 4.69) is 53.3 Å². The number of hydrogen-bond donors (Lipinski definition) is 1. The van der Waals surface area contributed by atoms with Gasteiger partial charge in [0.15, 0.2) is 0 Å². The molecule has 2 atom stereocenters. The summed E-state index contributed by atoms with van der Waals surface area (Å²) in [5.41, 5.74) is -1.01. The van der Waals surface area contributed by atoms with Gasteiger partial charge in [0.2, 0.25) is 0 Å². The summed E-state index contributed by atoms with van der Waals surface area (Å²) in [5.74, 6) is 0.370. The van der Waals surface area contributed by atoms with Crippen LogP contribution in [0.4, 0.5) is 0 Å². The van der Waals surface area contributed by atoms with Gasteiger partial charge < -0.3 is 13.9 Å². The smallest absolute Gasteiger partial charge is 0.136 e. The van der Waals surface area contributed by atoms with Crippen LogP contribution in [0.5, 0.6) is 0 Å². The van der Waals surface area contributed by atoms with E-state index in [4.69, 9.17) is 16.3 Å². The second-order valence-electron chi connectivity index (χ2n) is 6.32. The molecule has 0 bridgehead atoms. The van der Waals surface area contributed by atoms with E-state index in [1.807, 2.05) is 18.2 Å². The highest BCUT2D eigenvalue weighted by atomic mass is 32.9. The lowest BCUT2D eigenvalue weighted by molar-refractivity contribution is -0.874. The minimum atomic E-state index is -3.26. The van der Waals surface area contributed by atoms with Crippen molar-refractivity contribution in [3.63, 3.8) is 0 Å². The van der Waals surface area contributed by atoms with Gasteiger partial charge in [-0.15, -0.1) is 12.2 Å². The fraction of sp³-hybridized carbons (Fsp3) is 0.571. The van der Waals surface area contributed by atoms with Crippen molar-refractivity contribution >= 4 is 29.7 Å². The molecule has 0 N–H and O–H groups in total. The summed E-state index contributed by atoms with van der Waals surface area (Å²) in [6.45, 7) is 4.95. The Kier molecular flexibility index (Phi) is 6.27. The van der Waals surface area contributed by atoms with Crippen molar-refractivity contribution < 1.29 is 13.9 Å². The van der Waals surface area contributed by atoms with Gasteiger partial charge in [0.05, 0.1) is 21.1 Å². The van der Waals surface area contributed by atoms with Crippen LogP contribution in [0.15, 0.2) is 24.3 Å². The summed E-state index contributed by atoms with van der Waals surface area (Å²) < 4.78 is 6.30. The highest BCUT2D eigenvalue weighted by molar-refractivity contribution is 8.59. The Morgan fingerprint density at radius 1 is 1.25 bits per heavy atom. The second-order valence-corrected chi connectivity index (χ2v) is 11.3. The lowest BCUT2D eigenvalue weighted by Gasteiger charge is -2.34. The highest BCUT2D eigenvalue weighted by Crippen LogP contribution is 2.48. The number of nitrogens with zero attached hydrogens (tertiary/aromatic N) is 1. The van der Waals surface area contributed by atoms with E-state index in [9.17, 15) is 4.89 Å². The molecule has 0 spiro atoms. The third kappa shape index (κ3) is 6.25. The summed E-state index contributed by atoms with van der Waals surface area (Å²) in [7, 11) is 6.21. The normalized spacial score (nSPS) is 17.0. The van der Waals surface area contributed by atoms with E-state index in [1.54, 1.807) is 0 Å². The van der Waals surface area contributed by atoms with Crippen LogP contribution in [0.1, 0.15) is 37.0 Å². The van der Waals surface area contributed by atoms with E-state index in [0.29, 0.717) is 16.9 Å². The number of quaternary nitrogens is 1. The Bertz CT molecular complexity index is 494. The molecular formula is C14H24NO2PS2. The van der Waals surface area contributed by atoms with Crippen LogP contribution in [0, 0.1) is 0 Å². The number of rotatable bonds is 6. The minimum absolute atomic E-state index is 0.311. The summed E-state index contributed by atoms with van der Waals surface area (Å²) in [6.07, 6.45) is -0.311. The average Bonchev–Trinajstić information content (AvgIpc) is 2.24. The van der Waals surface area contributed by atoms with Crippen molar-refractivity contribution in [3.05, 3.63) is 35.4 Å². The SMILES string of the molecule is CC(C)c1ccccc1C(C[N+](C)(C)C)OP([O-])(=S)S. The predicted octanol–water partition coefficient (Wildman–Crippen LogP) is 3.09. The topological polar surface area (TPSA) is 32.3 Å². The Hall–Kier alpha value is 0.1000. The van der Waals surface area contributed by atoms with Crippen LogP contribution in [0.2, 0.25) is 0 Å². The number of thiol groups is 1. The van der Waals surface area contributed by atoms with Crippen LogP contribution in [0.3, 0.4) is 0 Å². The van der Waals surface area contributed by atoms with Crippen LogP contribution in [-0.4, -0.2) is 32.2 Å². The zero-order valence-electron chi connectivity index (χ0n) is 12.7. The molecule has 0 radical (unpaired) electrons. The van der Waals surface area contributed by atoms with Crippen molar-refractivity contribution in [1.29, 1.82) is 0 Å². The van der Waals surface area contributed by atoms with Crippen LogP contribution < -0.4 is 4.89 Å². The molecule has 0 aliphatic carbocycles. The van der Waals surface area contributed by atoms with Crippen molar-refractivity contribution in [3.8, 4) is 0 Å². The molecule has 0 amide bonds.